The van der Waals surface area contributed by atoms with Gasteiger partial charge in [0.15, 0.2) is 5.78 Å². The van der Waals surface area contributed by atoms with Gasteiger partial charge in [-0.3, -0.25) is 4.79 Å². The molecule has 3 rings (SSSR count). The van der Waals surface area contributed by atoms with E-state index in [-0.39, 0.29) is 11.8 Å². The van der Waals surface area contributed by atoms with Crippen LogP contribution in [0.25, 0.3) is 22.3 Å². The molecule has 0 saturated heterocycles. The smallest absolute Gasteiger partial charge is 0.162 e. The van der Waals surface area contributed by atoms with Gasteiger partial charge in [-0.15, -0.1) is 0 Å². The van der Waals surface area contributed by atoms with Crippen molar-refractivity contribution in [2.75, 3.05) is 6.54 Å². The van der Waals surface area contributed by atoms with Crippen LogP contribution in [0, 0.1) is 0 Å². The number of hydrogen-bond donors (Lipinski definition) is 2. The number of carbonyl (C=O) groups excluding carboxylic acids is 1. The molecule has 0 heterocycles. The molecule has 0 fully saturated rings. The van der Waals surface area contributed by atoms with Gasteiger partial charge < -0.3 is 11.5 Å². The normalized spacial score (nSPS) is 11.9. The molecule has 28 heavy (non-hydrogen) atoms. The number of benzene rings is 3. The van der Waals surface area contributed by atoms with Crippen molar-refractivity contribution in [2.24, 2.45) is 11.5 Å². The molecule has 3 aromatic carbocycles. The van der Waals surface area contributed by atoms with Gasteiger partial charge in [0, 0.05) is 24.6 Å². The number of nitrogens with two attached hydrogens (primary N) is 2. The van der Waals surface area contributed by atoms with E-state index in [0.29, 0.717) is 13.0 Å². The Hall–Kier alpha value is -2.75. The first-order chi connectivity index (χ1) is 13.7. The lowest BCUT2D eigenvalue weighted by Gasteiger charge is -2.11. The van der Waals surface area contributed by atoms with Crippen LogP contribution >= 0.6 is 0 Å². The largest absolute Gasteiger partial charge is 0.329 e. The van der Waals surface area contributed by atoms with Gasteiger partial charge in [0.2, 0.25) is 0 Å². The van der Waals surface area contributed by atoms with Crippen LogP contribution in [0.5, 0.6) is 0 Å². The number of unbranched alkanes of at least 4 members (excludes halogenated alkanes) is 1. The van der Waals surface area contributed by atoms with E-state index in [9.17, 15) is 4.79 Å². The van der Waals surface area contributed by atoms with Gasteiger partial charge in [-0.1, -0.05) is 67.1 Å². The molecule has 0 bridgehead atoms. The first-order valence-electron chi connectivity index (χ1n) is 9.92. The monoisotopic (exact) mass is 372 g/mol. The van der Waals surface area contributed by atoms with Crippen LogP contribution in [-0.2, 0) is 0 Å². The van der Waals surface area contributed by atoms with Gasteiger partial charge in [-0.05, 0) is 53.3 Å². The van der Waals surface area contributed by atoms with Crippen LogP contribution in [0.1, 0.15) is 36.0 Å². The summed E-state index contributed by atoms with van der Waals surface area (Å²) >= 11 is 0. The number of carbonyl (C=O) groups is 1. The summed E-state index contributed by atoms with van der Waals surface area (Å²) in [5.74, 6) is 0.177. The van der Waals surface area contributed by atoms with Crippen molar-refractivity contribution in [3.8, 4) is 22.3 Å². The second-order valence-corrected chi connectivity index (χ2v) is 7.20. The van der Waals surface area contributed by atoms with E-state index in [1.165, 1.54) is 0 Å². The van der Waals surface area contributed by atoms with Gasteiger partial charge in [0.05, 0.1) is 0 Å². The fourth-order valence-corrected chi connectivity index (χ4v) is 3.34. The Morgan fingerprint density at radius 2 is 1.29 bits per heavy atom. The first-order valence-corrected chi connectivity index (χ1v) is 9.92. The van der Waals surface area contributed by atoms with Crippen molar-refractivity contribution in [3.05, 3.63) is 84.4 Å². The van der Waals surface area contributed by atoms with Crippen LogP contribution in [-0.4, -0.2) is 18.4 Å². The fraction of sp³-hybridized carbons (Fsp3) is 0.240. The summed E-state index contributed by atoms with van der Waals surface area (Å²) in [6.07, 6.45) is 3.16. The third-order valence-electron chi connectivity index (χ3n) is 5.00. The minimum Gasteiger partial charge on any atom is -0.329 e. The predicted molar refractivity (Wildman–Crippen MR) is 117 cm³/mol. The molecule has 3 aromatic rings. The highest BCUT2D eigenvalue weighted by Crippen LogP contribution is 2.29. The van der Waals surface area contributed by atoms with Gasteiger partial charge in [0.1, 0.15) is 0 Å². The number of ketones is 1. The van der Waals surface area contributed by atoms with Crippen LogP contribution in [0.15, 0.2) is 78.9 Å². The zero-order chi connectivity index (χ0) is 19.8. The van der Waals surface area contributed by atoms with Crippen molar-refractivity contribution in [1.82, 2.24) is 0 Å². The molecular formula is C25H28N2O. The van der Waals surface area contributed by atoms with E-state index in [4.69, 9.17) is 11.5 Å². The standard InChI is InChI=1S/C25H28N2O/c26-18-24(27)13-7-8-14-25(28)23-16-21(19-9-3-1-4-10-19)15-22(17-23)20-11-5-2-6-12-20/h1-6,9-12,15-17,24H,7-8,13-14,18,26-27H2. The van der Waals surface area contributed by atoms with Crippen molar-refractivity contribution in [3.63, 3.8) is 0 Å². The SMILES string of the molecule is NCC(N)CCCCC(=O)c1cc(-c2ccccc2)cc(-c2ccccc2)c1. The molecular weight excluding hydrogens is 344 g/mol. The lowest BCUT2D eigenvalue weighted by atomic mass is 9.93. The van der Waals surface area contributed by atoms with E-state index < -0.39 is 0 Å². The van der Waals surface area contributed by atoms with E-state index in [1.807, 2.05) is 48.5 Å². The highest BCUT2D eigenvalue weighted by atomic mass is 16.1. The Morgan fingerprint density at radius 1 is 0.750 bits per heavy atom. The molecule has 0 aromatic heterocycles. The number of Topliss-reactive ketones (excluding diaryl/α,β-unsaturated/α-hetero) is 1. The molecule has 3 nitrogen and oxygen atoms in total. The van der Waals surface area contributed by atoms with E-state index in [0.717, 1.165) is 47.1 Å². The maximum absolute atomic E-state index is 12.9. The Balaban J connectivity index is 1.84. The van der Waals surface area contributed by atoms with Gasteiger partial charge in [0.25, 0.3) is 0 Å². The van der Waals surface area contributed by atoms with Gasteiger partial charge in [-0.2, -0.15) is 0 Å². The topological polar surface area (TPSA) is 69.1 Å². The zero-order valence-electron chi connectivity index (χ0n) is 16.2. The zero-order valence-corrected chi connectivity index (χ0v) is 16.2. The summed E-state index contributed by atoms with van der Waals surface area (Å²) < 4.78 is 0. The van der Waals surface area contributed by atoms with Crippen LogP contribution in [0.2, 0.25) is 0 Å². The maximum Gasteiger partial charge on any atom is 0.162 e. The van der Waals surface area contributed by atoms with Crippen molar-refractivity contribution < 1.29 is 4.79 Å². The number of rotatable bonds is 9. The first kappa shape index (κ1) is 20.0. The predicted octanol–water partition coefficient (Wildman–Crippen LogP) is 5.05. The molecule has 3 heteroatoms. The van der Waals surface area contributed by atoms with Gasteiger partial charge in [-0.25, -0.2) is 0 Å². The third-order valence-corrected chi connectivity index (χ3v) is 5.00. The van der Waals surface area contributed by atoms with Crippen LogP contribution in [0.4, 0.5) is 0 Å². The molecule has 0 amide bonds. The Kier molecular flexibility index (Phi) is 7.12. The summed E-state index contributed by atoms with van der Waals surface area (Å²) in [6.45, 7) is 0.494. The minimum absolute atomic E-state index is 0.0289. The van der Waals surface area contributed by atoms with Gasteiger partial charge >= 0.3 is 0 Å². The average Bonchev–Trinajstić information content (AvgIpc) is 2.77. The third kappa shape index (κ3) is 5.38. The fourth-order valence-electron chi connectivity index (χ4n) is 3.34. The Bertz CT molecular complexity index is 833. The summed E-state index contributed by atoms with van der Waals surface area (Å²) in [4.78, 5) is 12.9. The van der Waals surface area contributed by atoms with Crippen molar-refractivity contribution in [2.45, 2.75) is 31.7 Å². The van der Waals surface area contributed by atoms with Crippen LogP contribution < -0.4 is 11.5 Å². The maximum atomic E-state index is 12.9. The van der Waals surface area contributed by atoms with Crippen molar-refractivity contribution in [1.29, 1.82) is 0 Å². The molecule has 0 aliphatic heterocycles. The summed E-state index contributed by atoms with van der Waals surface area (Å²) in [5.41, 5.74) is 16.5. The molecule has 0 radical (unpaired) electrons. The molecule has 0 aliphatic carbocycles. The quantitative estimate of drug-likeness (QED) is 0.408. The summed E-state index contributed by atoms with van der Waals surface area (Å²) in [6, 6.07) is 26.6. The molecule has 1 unspecified atom stereocenters. The molecule has 0 saturated carbocycles. The molecule has 1 atom stereocenters. The highest BCUT2D eigenvalue weighted by Gasteiger charge is 2.11. The Labute approximate surface area is 167 Å². The average molecular weight is 373 g/mol. The Morgan fingerprint density at radius 3 is 1.79 bits per heavy atom. The molecule has 4 N–H and O–H groups in total. The van der Waals surface area contributed by atoms with Crippen molar-refractivity contribution >= 4 is 5.78 Å². The van der Waals surface area contributed by atoms with Crippen LogP contribution in [0.3, 0.4) is 0 Å². The number of hydrogen-bond acceptors (Lipinski definition) is 3. The lowest BCUT2D eigenvalue weighted by molar-refractivity contribution is 0.0979. The molecule has 0 aliphatic rings. The second-order valence-electron chi connectivity index (χ2n) is 7.20. The highest BCUT2D eigenvalue weighted by molar-refractivity contribution is 5.98. The minimum atomic E-state index is 0.0289. The lowest BCUT2D eigenvalue weighted by Crippen LogP contribution is -2.29. The summed E-state index contributed by atoms with van der Waals surface area (Å²) in [7, 11) is 0. The summed E-state index contributed by atoms with van der Waals surface area (Å²) in [5, 5.41) is 0. The second kappa shape index (κ2) is 9.98. The van der Waals surface area contributed by atoms with E-state index in [2.05, 4.69) is 30.3 Å². The molecule has 0 spiro atoms. The van der Waals surface area contributed by atoms with E-state index >= 15 is 0 Å². The molecule has 144 valence electrons. The van der Waals surface area contributed by atoms with E-state index in [1.54, 1.807) is 0 Å².